The molecule has 0 saturated heterocycles. The third-order valence-electron chi connectivity index (χ3n) is 5.30. The minimum atomic E-state index is 0.853. The number of rotatable bonds is 6. The fourth-order valence-corrected chi connectivity index (χ4v) is 4.16. The highest BCUT2D eigenvalue weighted by molar-refractivity contribution is 7.80. The van der Waals surface area contributed by atoms with Crippen LogP contribution in [0.15, 0.2) is 72.8 Å². The van der Waals surface area contributed by atoms with Crippen molar-refractivity contribution in [1.82, 2.24) is 0 Å². The third-order valence-corrected chi connectivity index (χ3v) is 5.59. The van der Waals surface area contributed by atoms with Gasteiger partial charge in [0.15, 0.2) is 0 Å². The van der Waals surface area contributed by atoms with Gasteiger partial charge in [0.25, 0.3) is 0 Å². The summed E-state index contributed by atoms with van der Waals surface area (Å²) in [5.74, 6) is 0. The summed E-state index contributed by atoms with van der Waals surface area (Å²) in [6.45, 7) is 2.19. The lowest BCUT2D eigenvalue weighted by Gasteiger charge is -2.11. The van der Waals surface area contributed by atoms with Crippen LogP contribution in [0, 0.1) is 0 Å². The molecule has 0 saturated carbocycles. The Kier molecular flexibility index (Phi) is 5.31. The second-order valence-corrected chi connectivity index (χ2v) is 7.82. The van der Waals surface area contributed by atoms with Crippen LogP contribution in [0.2, 0.25) is 0 Å². The van der Waals surface area contributed by atoms with Gasteiger partial charge in [0.05, 0.1) is 0 Å². The Balaban J connectivity index is 1.49. The summed E-state index contributed by atoms with van der Waals surface area (Å²) in [5, 5.41) is 0. The quantitative estimate of drug-likeness (QED) is 0.439. The molecular formula is C26H24S. The van der Waals surface area contributed by atoms with E-state index in [0.717, 1.165) is 30.5 Å². The SMILES string of the molecule is CCc1ccc(CC(=S)Cc2cccc(-c3cccc4c3CC=C4)c2)cc1. The first-order valence-corrected chi connectivity index (χ1v) is 10.1. The number of aryl methyl sites for hydroxylation is 1. The largest absolute Gasteiger partial charge is 0.0890 e. The summed E-state index contributed by atoms with van der Waals surface area (Å²) in [5.41, 5.74) is 9.41. The van der Waals surface area contributed by atoms with Crippen molar-refractivity contribution >= 4 is 23.2 Å². The second-order valence-electron chi connectivity index (χ2n) is 7.24. The standard InChI is InChI=1S/C26H24S/c1-2-19-12-14-20(15-13-19)17-24(27)18-21-6-3-9-23(16-21)26-11-5-8-22-7-4-10-25(22)26/h3-9,11-16H,2,10,17-18H2,1H3. The molecule has 0 unspecified atom stereocenters. The summed E-state index contributed by atoms with van der Waals surface area (Å²) in [7, 11) is 0. The molecule has 0 spiro atoms. The zero-order chi connectivity index (χ0) is 18.6. The maximum Gasteiger partial charge on any atom is 0.00418 e. The fourth-order valence-electron chi connectivity index (χ4n) is 3.82. The van der Waals surface area contributed by atoms with Gasteiger partial charge in [0.1, 0.15) is 0 Å². The normalized spacial score (nSPS) is 12.2. The minimum absolute atomic E-state index is 0.853. The van der Waals surface area contributed by atoms with Gasteiger partial charge in [-0.15, -0.1) is 0 Å². The van der Waals surface area contributed by atoms with E-state index >= 15 is 0 Å². The van der Waals surface area contributed by atoms with Gasteiger partial charge < -0.3 is 0 Å². The first kappa shape index (κ1) is 17.9. The van der Waals surface area contributed by atoms with E-state index in [2.05, 4.69) is 85.8 Å². The molecule has 0 fully saturated rings. The predicted molar refractivity (Wildman–Crippen MR) is 120 cm³/mol. The smallest absolute Gasteiger partial charge is 0.00418 e. The van der Waals surface area contributed by atoms with Gasteiger partial charge in [-0.05, 0) is 51.8 Å². The molecule has 0 heterocycles. The van der Waals surface area contributed by atoms with E-state index in [0.29, 0.717) is 0 Å². The Morgan fingerprint density at radius 3 is 2.41 bits per heavy atom. The van der Waals surface area contributed by atoms with Crippen molar-refractivity contribution in [1.29, 1.82) is 0 Å². The summed E-state index contributed by atoms with van der Waals surface area (Å²) < 4.78 is 0. The van der Waals surface area contributed by atoms with Crippen molar-refractivity contribution in [3.8, 4) is 11.1 Å². The Morgan fingerprint density at radius 2 is 1.59 bits per heavy atom. The van der Waals surface area contributed by atoms with E-state index in [-0.39, 0.29) is 0 Å². The highest BCUT2D eigenvalue weighted by atomic mass is 32.1. The number of benzene rings is 3. The van der Waals surface area contributed by atoms with Gasteiger partial charge >= 0.3 is 0 Å². The van der Waals surface area contributed by atoms with Gasteiger partial charge in [-0.25, -0.2) is 0 Å². The monoisotopic (exact) mass is 368 g/mol. The number of thiocarbonyl (C=S) groups is 1. The van der Waals surface area contributed by atoms with Crippen molar-refractivity contribution in [3.63, 3.8) is 0 Å². The third kappa shape index (κ3) is 4.09. The maximum atomic E-state index is 5.71. The van der Waals surface area contributed by atoms with Crippen LogP contribution in [0.4, 0.5) is 0 Å². The molecule has 0 atom stereocenters. The van der Waals surface area contributed by atoms with E-state index in [4.69, 9.17) is 12.2 Å². The molecule has 0 nitrogen and oxygen atoms in total. The van der Waals surface area contributed by atoms with E-state index in [1.165, 1.54) is 38.9 Å². The zero-order valence-corrected chi connectivity index (χ0v) is 16.6. The molecule has 3 aromatic carbocycles. The molecule has 0 N–H and O–H groups in total. The van der Waals surface area contributed by atoms with Crippen LogP contribution in [0.25, 0.3) is 17.2 Å². The number of fused-ring (bicyclic) bond motifs is 1. The molecule has 4 rings (SSSR count). The van der Waals surface area contributed by atoms with Crippen LogP contribution in [-0.2, 0) is 25.7 Å². The first-order chi connectivity index (χ1) is 13.2. The Bertz CT molecular complexity index is 993. The minimum Gasteiger partial charge on any atom is -0.0890 e. The van der Waals surface area contributed by atoms with Gasteiger partial charge in [-0.2, -0.15) is 0 Å². The van der Waals surface area contributed by atoms with Crippen LogP contribution < -0.4 is 0 Å². The predicted octanol–water partition coefficient (Wildman–Crippen LogP) is 6.64. The van der Waals surface area contributed by atoms with Gasteiger partial charge in [0.2, 0.25) is 0 Å². The lowest BCUT2D eigenvalue weighted by molar-refractivity contribution is 1.13. The summed E-state index contributed by atoms with van der Waals surface area (Å²) in [6.07, 6.45) is 8.30. The summed E-state index contributed by atoms with van der Waals surface area (Å²) >= 11 is 5.71. The molecular weight excluding hydrogens is 344 g/mol. The molecule has 0 bridgehead atoms. The zero-order valence-electron chi connectivity index (χ0n) is 15.7. The van der Waals surface area contributed by atoms with Crippen LogP contribution in [-0.4, -0.2) is 4.86 Å². The molecule has 0 aromatic heterocycles. The van der Waals surface area contributed by atoms with Crippen LogP contribution in [0.1, 0.15) is 34.7 Å². The highest BCUT2D eigenvalue weighted by Gasteiger charge is 2.12. The molecule has 0 radical (unpaired) electrons. The topological polar surface area (TPSA) is 0 Å². The average molecular weight is 369 g/mol. The number of allylic oxidation sites excluding steroid dienone is 1. The summed E-state index contributed by atoms with van der Waals surface area (Å²) in [6, 6.07) is 24.3. The van der Waals surface area contributed by atoms with E-state index in [9.17, 15) is 0 Å². The molecule has 1 aliphatic carbocycles. The average Bonchev–Trinajstić information content (AvgIpc) is 3.17. The molecule has 1 aliphatic rings. The van der Waals surface area contributed by atoms with E-state index in [1.807, 2.05) is 0 Å². The molecule has 1 heteroatoms. The Hall–Kier alpha value is -2.51. The van der Waals surface area contributed by atoms with Gasteiger partial charge in [-0.1, -0.05) is 98.0 Å². The van der Waals surface area contributed by atoms with Crippen molar-refractivity contribution in [2.45, 2.75) is 32.6 Å². The Labute approximate surface area is 167 Å². The van der Waals surface area contributed by atoms with E-state index in [1.54, 1.807) is 0 Å². The molecule has 134 valence electrons. The van der Waals surface area contributed by atoms with Gasteiger partial charge in [0, 0.05) is 17.7 Å². The van der Waals surface area contributed by atoms with Gasteiger partial charge in [-0.3, -0.25) is 0 Å². The maximum absolute atomic E-state index is 5.71. The number of hydrogen-bond donors (Lipinski definition) is 0. The van der Waals surface area contributed by atoms with Crippen LogP contribution in [0.3, 0.4) is 0 Å². The highest BCUT2D eigenvalue weighted by Crippen LogP contribution is 2.31. The Morgan fingerprint density at radius 1 is 0.852 bits per heavy atom. The van der Waals surface area contributed by atoms with Crippen molar-refractivity contribution in [2.24, 2.45) is 0 Å². The summed E-state index contributed by atoms with van der Waals surface area (Å²) in [4.78, 5) is 1.09. The fraction of sp³-hybridized carbons (Fsp3) is 0.192. The second kappa shape index (κ2) is 8.02. The molecule has 0 aliphatic heterocycles. The number of hydrogen-bond acceptors (Lipinski definition) is 1. The van der Waals surface area contributed by atoms with Crippen molar-refractivity contribution in [2.75, 3.05) is 0 Å². The first-order valence-electron chi connectivity index (χ1n) is 9.70. The van der Waals surface area contributed by atoms with Crippen molar-refractivity contribution in [3.05, 3.63) is 101 Å². The van der Waals surface area contributed by atoms with E-state index < -0.39 is 0 Å². The molecule has 0 amide bonds. The lowest BCUT2D eigenvalue weighted by Crippen LogP contribution is -2.04. The van der Waals surface area contributed by atoms with Crippen molar-refractivity contribution < 1.29 is 0 Å². The van der Waals surface area contributed by atoms with Crippen LogP contribution in [0.5, 0.6) is 0 Å². The molecule has 27 heavy (non-hydrogen) atoms. The van der Waals surface area contributed by atoms with Crippen LogP contribution >= 0.6 is 12.2 Å². The molecule has 3 aromatic rings. The lowest BCUT2D eigenvalue weighted by atomic mass is 9.94.